The molecule has 4 heteroatoms. The number of pyridine rings is 1. The van der Waals surface area contributed by atoms with Crippen molar-refractivity contribution in [3.05, 3.63) is 84.7 Å². The molecule has 1 aliphatic carbocycles. The molecule has 2 aromatic carbocycles. The molecule has 3 aromatic rings. The van der Waals surface area contributed by atoms with Crippen LogP contribution in [-0.4, -0.2) is 10.9 Å². The Hall–Kier alpha value is -3.14. The van der Waals surface area contributed by atoms with Gasteiger partial charge in [0.1, 0.15) is 5.75 Å². The van der Waals surface area contributed by atoms with E-state index in [0.29, 0.717) is 12.3 Å². The van der Waals surface area contributed by atoms with E-state index < -0.39 is 0 Å². The topological polar surface area (TPSA) is 42.4 Å². The van der Waals surface area contributed by atoms with Gasteiger partial charge < -0.3 is 9.64 Å². The third kappa shape index (κ3) is 3.75. The Morgan fingerprint density at radius 1 is 1.00 bits per heavy atom. The molecule has 4 nitrogen and oxygen atoms in total. The summed E-state index contributed by atoms with van der Waals surface area (Å²) in [4.78, 5) is 19.0. The van der Waals surface area contributed by atoms with Gasteiger partial charge in [0.2, 0.25) is 5.91 Å². The Balaban J connectivity index is 1.67. The van der Waals surface area contributed by atoms with Crippen LogP contribution >= 0.6 is 0 Å². The summed E-state index contributed by atoms with van der Waals surface area (Å²) in [6.07, 6.45) is 5.46. The van der Waals surface area contributed by atoms with Gasteiger partial charge in [-0.25, -0.2) is 0 Å². The summed E-state index contributed by atoms with van der Waals surface area (Å²) >= 11 is 0. The van der Waals surface area contributed by atoms with E-state index in [1.54, 1.807) is 12.4 Å². The zero-order valence-corrected chi connectivity index (χ0v) is 14.4. The average Bonchev–Trinajstić information content (AvgIpc) is 3.53. The van der Waals surface area contributed by atoms with Gasteiger partial charge in [0.05, 0.1) is 12.2 Å². The van der Waals surface area contributed by atoms with Gasteiger partial charge >= 0.3 is 0 Å². The van der Waals surface area contributed by atoms with Crippen molar-refractivity contribution in [3.8, 4) is 11.5 Å². The van der Waals surface area contributed by atoms with E-state index in [1.807, 2.05) is 71.6 Å². The van der Waals surface area contributed by atoms with Gasteiger partial charge in [-0.1, -0.05) is 36.4 Å². The molecular formula is C22H20N2O2. The van der Waals surface area contributed by atoms with Crippen molar-refractivity contribution in [1.82, 2.24) is 4.98 Å². The lowest BCUT2D eigenvalue weighted by Crippen LogP contribution is -2.32. The van der Waals surface area contributed by atoms with Crippen molar-refractivity contribution in [1.29, 1.82) is 0 Å². The van der Waals surface area contributed by atoms with Crippen LogP contribution < -0.4 is 9.64 Å². The van der Waals surface area contributed by atoms with E-state index in [2.05, 4.69) is 4.98 Å². The molecule has 1 amide bonds. The maximum atomic E-state index is 13.0. The van der Waals surface area contributed by atoms with Gasteiger partial charge in [-0.3, -0.25) is 9.78 Å². The molecule has 0 atom stereocenters. The molecule has 1 saturated carbocycles. The second-order valence-corrected chi connectivity index (χ2v) is 6.44. The summed E-state index contributed by atoms with van der Waals surface area (Å²) in [5, 5.41) is 0. The third-order valence-corrected chi connectivity index (χ3v) is 4.38. The Kier molecular flexibility index (Phi) is 4.65. The molecule has 130 valence electrons. The Labute approximate surface area is 153 Å². The molecular weight excluding hydrogens is 324 g/mol. The lowest BCUT2D eigenvalue weighted by Gasteiger charge is -2.25. The minimum atomic E-state index is 0.122. The van der Waals surface area contributed by atoms with Gasteiger partial charge in [0, 0.05) is 18.3 Å². The lowest BCUT2D eigenvalue weighted by atomic mass is 10.2. The number of ether oxygens (including phenoxy) is 1. The van der Waals surface area contributed by atoms with Crippen molar-refractivity contribution in [2.24, 2.45) is 5.92 Å². The first-order chi connectivity index (χ1) is 12.8. The normalized spacial score (nSPS) is 13.2. The number of benzene rings is 2. The molecule has 1 fully saturated rings. The maximum Gasteiger partial charge on any atom is 0.230 e. The van der Waals surface area contributed by atoms with Crippen molar-refractivity contribution in [2.75, 3.05) is 4.90 Å². The first-order valence-electron chi connectivity index (χ1n) is 8.83. The molecule has 4 rings (SSSR count). The predicted octanol–water partition coefficient (Wildman–Crippen LogP) is 4.82. The molecule has 0 bridgehead atoms. The number of carbonyl (C=O) groups excluding carboxylic acids is 1. The Bertz CT molecular complexity index is 877. The number of anilines is 1. The summed E-state index contributed by atoms with van der Waals surface area (Å²) < 4.78 is 6.07. The second-order valence-electron chi connectivity index (χ2n) is 6.44. The second kappa shape index (κ2) is 7.40. The van der Waals surface area contributed by atoms with Gasteiger partial charge in [-0.2, -0.15) is 0 Å². The highest BCUT2D eigenvalue weighted by molar-refractivity contribution is 5.97. The summed E-state index contributed by atoms with van der Waals surface area (Å²) in [5.41, 5.74) is 1.79. The first-order valence-corrected chi connectivity index (χ1v) is 8.83. The summed E-state index contributed by atoms with van der Waals surface area (Å²) in [6.45, 7) is 0.484. The molecule has 1 aliphatic rings. The summed E-state index contributed by atoms with van der Waals surface area (Å²) in [7, 11) is 0. The minimum absolute atomic E-state index is 0.122. The average molecular weight is 344 g/mol. The van der Waals surface area contributed by atoms with Gasteiger partial charge in [0.25, 0.3) is 0 Å². The van der Waals surface area contributed by atoms with Crippen LogP contribution in [0.5, 0.6) is 11.5 Å². The quantitative estimate of drug-likeness (QED) is 0.644. The van der Waals surface area contributed by atoms with Crippen LogP contribution in [0.15, 0.2) is 79.1 Å². The van der Waals surface area contributed by atoms with Gasteiger partial charge in [-0.05, 0) is 48.7 Å². The van der Waals surface area contributed by atoms with Crippen LogP contribution in [0.25, 0.3) is 0 Å². The predicted molar refractivity (Wildman–Crippen MR) is 101 cm³/mol. The van der Waals surface area contributed by atoms with Crippen LogP contribution in [-0.2, 0) is 11.3 Å². The van der Waals surface area contributed by atoms with Crippen LogP contribution in [0, 0.1) is 5.92 Å². The van der Waals surface area contributed by atoms with Crippen LogP contribution in [0.4, 0.5) is 5.69 Å². The smallest absolute Gasteiger partial charge is 0.230 e. The van der Waals surface area contributed by atoms with Crippen LogP contribution in [0.2, 0.25) is 0 Å². The van der Waals surface area contributed by atoms with Crippen molar-refractivity contribution < 1.29 is 9.53 Å². The minimum Gasteiger partial charge on any atom is -0.455 e. The Morgan fingerprint density at radius 2 is 1.77 bits per heavy atom. The zero-order valence-electron chi connectivity index (χ0n) is 14.4. The number of carbonyl (C=O) groups is 1. The molecule has 1 aromatic heterocycles. The standard InChI is InChI=1S/C22H20N2O2/c25-22(18-12-13-18)24(16-17-7-6-14-23-15-17)20-10-4-5-11-21(20)26-19-8-2-1-3-9-19/h1-11,14-15,18H,12-13,16H2. The fraction of sp³-hybridized carbons (Fsp3) is 0.182. The molecule has 26 heavy (non-hydrogen) atoms. The van der Waals surface area contributed by atoms with E-state index in [1.165, 1.54) is 0 Å². The number of hydrogen-bond donors (Lipinski definition) is 0. The Morgan fingerprint density at radius 3 is 2.50 bits per heavy atom. The van der Waals surface area contributed by atoms with E-state index >= 15 is 0 Å². The molecule has 1 heterocycles. The number of aromatic nitrogens is 1. The van der Waals surface area contributed by atoms with E-state index in [0.717, 1.165) is 29.8 Å². The fourth-order valence-corrected chi connectivity index (χ4v) is 2.89. The van der Waals surface area contributed by atoms with Crippen LogP contribution in [0.1, 0.15) is 18.4 Å². The SMILES string of the molecule is O=C(C1CC1)N(Cc1cccnc1)c1ccccc1Oc1ccccc1. The maximum absolute atomic E-state index is 13.0. The third-order valence-electron chi connectivity index (χ3n) is 4.38. The molecule has 0 unspecified atom stereocenters. The number of hydrogen-bond acceptors (Lipinski definition) is 3. The monoisotopic (exact) mass is 344 g/mol. The molecule has 0 spiro atoms. The molecule has 0 radical (unpaired) electrons. The summed E-state index contributed by atoms with van der Waals surface area (Å²) in [6, 6.07) is 21.2. The van der Waals surface area contributed by atoms with E-state index in [4.69, 9.17) is 4.74 Å². The van der Waals surface area contributed by atoms with Crippen molar-refractivity contribution in [3.63, 3.8) is 0 Å². The van der Waals surface area contributed by atoms with Gasteiger partial charge in [0.15, 0.2) is 5.75 Å². The molecule has 0 saturated heterocycles. The van der Waals surface area contributed by atoms with Crippen molar-refractivity contribution in [2.45, 2.75) is 19.4 Å². The van der Waals surface area contributed by atoms with Crippen LogP contribution in [0.3, 0.4) is 0 Å². The zero-order chi connectivity index (χ0) is 17.8. The van der Waals surface area contributed by atoms with Crippen molar-refractivity contribution >= 4 is 11.6 Å². The first kappa shape index (κ1) is 16.3. The van der Waals surface area contributed by atoms with Gasteiger partial charge in [-0.15, -0.1) is 0 Å². The molecule has 0 aliphatic heterocycles. The van der Waals surface area contributed by atoms with E-state index in [9.17, 15) is 4.79 Å². The molecule has 0 N–H and O–H groups in total. The highest BCUT2D eigenvalue weighted by atomic mass is 16.5. The lowest BCUT2D eigenvalue weighted by molar-refractivity contribution is -0.119. The highest BCUT2D eigenvalue weighted by Gasteiger charge is 2.35. The fourth-order valence-electron chi connectivity index (χ4n) is 2.89. The number of rotatable bonds is 6. The summed E-state index contributed by atoms with van der Waals surface area (Å²) in [5.74, 6) is 1.70. The van der Waals surface area contributed by atoms with E-state index in [-0.39, 0.29) is 11.8 Å². The highest BCUT2D eigenvalue weighted by Crippen LogP contribution is 2.38. The number of nitrogens with zero attached hydrogens (tertiary/aromatic N) is 2. The number of amides is 1. The largest absolute Gasteiger partial charge is 0.455 e. The number of para-hydroxylation sites is 3.